The van der Waals surface area contributed by atoms with E-state index in [0.29, 0.717) is 23.9 Å². The van der Waals surface area contributed by atoms with Crippen molar-refractivity contribution in [1.29, 1.82) is 0 Å². The third-order valence-electron chi connectivity index (χ3n) is 12.5. The van der Waals surface area contributed by atoms with Crippen LogP contribution in [-0.4, -0.2) is 69.4 Å². The van der Waals surface area contributed by atoms with E-state index in [4.69, 9.17) is 13.8 Å². The number of ether oxygens (including phenoxy) is 1. The van der Waals surface area contributed by atoms with Crippen LogP contribution >= 0.6 is 7.82 Å². The van der Waals surface area contributed by atoms with Gasteiger partial charge in [0.25, 0.3) is 7.82 Å². The number of hydrogen-bond acceptors (Lipinski definition) is 7. The lowest BCUT2D eigenvalue weighted by molar-refractivity contribution is -0.870. The smallest absolute Gasteiger partial charge is 0.306 e. The molecule has 1 N–H and O–H groups in total. The number of unbranched alkanes of at least 4 members (excludes halogenated alkanes) is 29. The maximum atomic E-state index is 13.5. The van der Waals surface area contributed by atoms with Gasteiger partial charge in [0.15, 0.2) is 0 Å². The van der Waals surface area contributed by atoms with E-state index in [1.165, 1.54) is 122 Å². The number of nitrogens with zero attached hydrogens (tertiary/aromatic N) is 1. The van der Waals surface area contributed by atoms with Crippen molar-refractivity contribution in [1.82, 2.24) is 5.32 Å². The van der Waals surface area contributed by atoms with Gasteiger partial charge in [-0.25, -0.2) is 0 Å². The van der Waals surface area contributed by atoms with Gasteiger partial charge in [0.2, 0.25) is 5.91 Å². The first-order valence-electron chi connectivity index (χ1n) is 28.6. The van der Waals surface area contributed by atoms with E-state index in [-0.39, 0.29) is 31.3 Å². The van der Waals surface area contributed by atoms with Crippen molar-refractivity contribution in [3.63, 3.8) is 0 Å². The minimum atomic E-state index is -4.70. The molecule has 0 rings (SSSR count). The summed E-state index contributed by atoms with van der Waals surface area (Å²) in [5.74, 6) is -0.585. The van der Waals surface area contributed by atoms with Crippen molar-refractivity contribution < 1.29 is 37.3 Å². The lowest BCUT2D eigenvalue weighted by Crippen LogP contribution is -2.47. The number of amides is 1. The molecule has 1 amide bonds. The average molecular weight is 990 g/mol. The fourth-order valence-corrected chi connectivity index (χ4v) is 8.70. The number of nitrogens with one attached hydrogen (secondary N) is 1. The van der Waals surface area contributed by atoms with Crippen molar-refractivity contribution in [3.8, 4) is 0 Å². The second kappa shape index (κ2) is 49.3. The summed E-state index contributed by atoms with van der Waals surface area (Å²) in [6.07, 6.45) is 60.4. The monoisotopic (exact) mass is 989 g/mol. The minimum absolute atomic E-state index is 0.0306. The molecule has 0 aliphatic rings. The Labute approximate surface area is 426 Å². The van der Waals surface area contributed by atoms with Crippen LogP contribution in [0.4, 0.5) is 0 Å². The van der Waals surface area contributed by atoms with Crippen molar-refractivity contribution in [2.24, 2.45) is 0 Å². The largest absolute Gasteiger partial charge is 0.756 e. The summed E-state index contributed by atoms with van der Waals surface area (Å²) in [5.41, 5.74) is 0. The van der Waals surface area contributed by atoms with E-state index >= 15 is 0 Å². The van der Waals surface area contributed by atoms with Crippen LogP contribution in [0.25, 0.3) is 0 Å². The Morgan fingerprint density at radius 3 is 1.32 bits per heavy atom. The van der Waals surface area contributed by atoms with E-state index in [2.05, 4.69) is 74.7 Å². The number of carbonyl (C=O) groups excluding carboxylic acids is 2. The zero-order chi connectivity index (χ0) is 50.8. The van der Waals surface area contributed by atoms with Gasteiger partial charge in [-0.05, 0) is 83.1 Å². The molecule has 0 spiro atoms. The number of phosphoric acid groups is 1. The maximum absolute atomic E-state index is 13.5. The number of phosphoric ester groups is 1. The second-order valence-electron chi connectivity index (χ2n) is 20.5. The molecule has 0 radical (unpaired) electrons. The van der Waals surface area contributed by atoms with E-state index < -0.39 is 26.6 Å². The molecule has 69 heavy (non-hydrogen) atoms. The topological polar surface area (TPSA) is 114 Å². The van der Waals surface area contributed by atoms with Crippen molar-refractivity contribution in [2.45, 2.75) is 264 Å². The zero-order valence-corrected chi connectivity index (χ0v) is 46.7. The number of carbonyl (C=O) groups is 2. The number of hydrogen-bond donors (Lipinski definition) is 1. The molecule has 0 aromatic heterocycles. The van der Waals surface area contributed by atoms with Gasteiger partial charge in [-0.1, -0.05) is 217 Å². The van der Waals surface area contributed by atoms with E-state index in [9.17, 15) is 19.0 Å². The van der Waals surface area contributed by atoms with Gasteiger partial charge in [-0.2, -0.15) is 0 Å². The lowest BCUT2D eigenvalue weighted by atomic mass is 10.0. The van der Waals surface area contributed by atoms with Crippen LogP contribution < -0.4 is 10.2 Å². The highest BCUT2D eigenvalue weighted by Crippen LogP contribution is 2.38. The number of esters is 1. The molecule has 9 nitrogen and oxygen atoms in total. The third kappa shape index (κ3) is 50.4. The summed E-state index contributed by atoms with van der Waals surface area (Å²) in [4.78, 5) is 39.8. The molecule has 0 saturated carbocycles. The maximum Gasteiger partial charge on any atom is 0.306 e. The molecule has 0 saturated heterocycles. The summed E-state index contributed by atoms with van der Waals surface area (Å²) in [7, 11) is 1.16. The summed E-state index contributed by atoms with van der Waals surface area (Å²) in [6, 6.07) is -0.906. The highest BCUT2D eigenvalue weighted by atomic mass is 31.2. The summed E-state index contributed by atoms with van der Waals surface area (Å²) in [6.45, 7) is 6.77. The first kappa shape index (κ1) is 66.7. The lowest BCUT2D eigenvalue weighted by Gasteiger charge is -2.30. The predicted octanol–water partition coefficient (Wildman–Crippen LogP) is 16.5. The van der Waals surface area contributed by atoms with E-state index in [1.54, 1.807) is 0 Å². The van der Waals surface area contributed by atoms with E-state index in [1.807, 2.05) is 33.3 Å². The van der Waals surface area contributed by atoms with Gasteiger partial charge >= 0.3 is 5.97 Å². The van der Waals surface area contributed by atoms with Crippen LogP contribution in [0.5, 0.6) is 0 Å². The zero-order valence-electron chi connectivity index (χ0n) is 45.8. The van der Waals surface area contributed by atoms with Crippen molar-refractivity contribution >= 4 is 19.7 Å². The fourth-order valence-electron chi connectivity index (χ4n) is 7.97. The molecular formula is C59H109N2O7P. The predicted molar refractivity (Wildman–Crippen MR) is 293 cm³/mol. The number of quaternary nitrogens is 1. The van der Waals surface area contributed by atoms with Crippen LogP contribution in [0.15, 0.2) is 60.8 Å². The molecule has 402 valence electrons. The van der Waals surface area contributed by atoms with Gasteiger partial charge in [-0.3, -0.25) is 14.2 Å². The summed E-state index contributed by atoms with van der Waals surface area (Å²) < 4.78 is 30.2. The van der Waals surface area contributed by atoms with Crippen molar-refractivity contribution in [3.05, 3.63) is 60.8 Å². The molecule has 0 aromatic rings. The SMILES string of the molecule is CCCCC/C=C/C=C/CCCCCCCCC(=O)OC(/C=C/CCCCCCCCCCCC)C(COP(=O)([O-])OCC[N+](C)(C)C)NC(=O)CCCCC/C=C/C=C/CCCCCCCCC. The Morgan fingerprint density at radius 1 is 0.507 bits per heavy atom. The fraction of sp³-hybridized carbons (Fsp3) is 0.797. The minimum Gasteiger partial charge on any atom is -0.756 e. The Hall–Kier alpha value is -2.29. The normalized spacial score (nSPS) is 14.2. The molecule has 0 fully saturated rings. The number of likely N-dealkylation sites (N-methyl/N-ethyl adjacent to an activating group) is 1. The van der Waals surface area contributed by atoms with Gasteiger partial charge in [0.05, 0.1) is 33.8 Å². The first-order chi connectivity index (χ1) is 33.4. The number of allylic oxidation sites excluding steroid dienone is 9. The van der Waals surface area contributed by atoms with Crippen LogP contribution in [0, 0.1) is 0 Å². The molecule has 0 aliphatic heterocycles. The molecular weight excluding hydrogens is 880 g/mol. The van der Waals surface area contributed by atoms with Gasteiger partial charge < -0.3 is 28.5 Å². The molecule has 0 heterocycles. The molecule has 3 atom stereocenters. The standard InChI is InChI=1S/C59H109N2O7P/c1-7-10-13-16-19-22-25-28-30-32-33-36-39-42-45-48-51-58(62)60-56(55-67-69(64,65)66-54-53-61(4,5)6)57(50-47-44-41-38-35-27-24-21-18-15-12-9-3)68-59(63)52-49-46-43-40-37-34-31-29-26-23-20-17-14-11-8-2/h20,23,26,29-30,32-33,36,47,50,56-57H,7-19,21-22,24-25,27-28,31,34-35,37-46,48-49,51-55H2,1-6H3,(H-,60,62,64,65)/b23-20+,29-26+,32-30+,36-33+,50-47+. The van der Waals surface area contributed by atoms with Gasteiger partial charge in [0.1, 0.15) is 19.3 Å². The van der Waals surface area contributed by atoms with Gasteiger partial charge in [-0.15, -0.1) is 0 Å². The van der Waals surface area contributed by atoms with Crippen LogP contribution in [-0.2, 0) is 27.9 Å². The first-order valence-corrected chi connectivity index (χ1v) is 30.1. The third-order valence-corrected chi connectivity index (χ3v) is 13.4. The molecule has 10 heteroatoms. The highest BCUT2D eigenvalue weighted by Gasteiger charge is 2.27. The van der Waals surface area contributed by atoms with Crippen LogP contribution in [0.1, 0.15) is 252 Å². The van der Waals surface area contributed by atoms with Crippen LogP contribution in [0.2, 0.25) is 0 Å². The second-order valence-corrected chi connectivity index (χ2v) is 21.9. The Bertz CT molecular complexity index is 1370. The number of rotatable bonds is 51. The quantitative estimate of drug-likeness (QED) is 0.0161. The average Bonchev–Trinajstić information content (AvgIpc) is 3.31. The summed E-state index contributed by atoms with van der Waals surface area (Å²) in [5, 5.41) is 3.00. The molecule has 3 unspecified atom stereocenters. The summed E-state index contributed by atoms with van der Waals surface area (Å²) >= 11 is 0. The van der Waals surface area contributed by atoms with E-state index in [0.717, 1.165) is 83.5 Å². The molecule has 0 aromatic carbocycles. The Kier molecular flexibility index (Phi) is 47.7. The highest BCUT2D eigenvalue weighted by molar-refractivity contribution is 7.45. The van der Waals surface area contributed by atoms with Crippen molar-refractivity contribution in [2.75, 3.05) is 40.9 Å². The molecule has 0 aliphatic carbocycles. The van der Waals surface area contributed by atoms with Crippen LogP contribution in [0.3, 0.4) is 0 Å². The Morgan fingerprint density at radius 2 is 0.870 bits per heavy atom. The Balaban J connectivity index is 5.43. The molecule has 0 bridgehead atoms. The van der Waals surface area contributed by atoms with Gasteiger partial charge in [0, 0.05) is 12.8 Å².